The minimum atomic E-state index is -0.715. The zero-order valence-corrected chi connectivity index (χ0v) is 15.9. The van der Waals surface area contributed by atoms with Crippen LogP contribution in [0.1, 0.15) is 18.6 Å². The van der Waals surface area contributed by atoms with Crippen molar-refractivity contribution in [3.05, 3.63) is 46.6 Å². The van der Waals surface area contributed by atoms with Gasteiger partial charge in [0.1, 0.15) is 11.5 Å². The molecule has 0 spiro atoms. The summed E-state index contributed by atoms with van der Waals surface area (Å²) < 4.78 is 6.80. The number of carboxylic acids is 1. The highest BCUT2D eigenvalue weighted by molar-refractivity contribution is 9.10. The van der Waals surface area contributed by atoms with E-state index in [1.54, 1.807) is 6.21 Å². The monoisotopic (exact) mass is 419 g/mol. The van der Waals surface area contributed by atoms with Crippen molar-refractivity contribution < 1.29 is 14.3 Å². The Morgan fingerprint density at radius 2 is 2.12 bits per heavy atom. The quantitative estimate of drug-likeness (QED) is 0.364. The van der Waals surface area contributed by atoms with E-state index in [1.807, 2.05) is 36.4 Å². The number of hydrogen-bond donors (Lipinski definition) is 3. The first kappa shape index (κ1) is 18.7. The van der Waals surface area contributed by atoms with E-state index in [0.29, 0.717) is 24.8 Å². The molecule has 2 heterocycles. The lowest BCUT2D eigenvalue weighted by Crippen LogP contribution is -2.40. The van der Waals surface area contributed by atoms with Crippen LogP contribution >= 0.6 is 15.9 Å². The molecule has 0 bridgehead atoms. The number of benzene rings is 1. The van der Waals surface area contributed by atoms with Gasteiger partial charge >= 0.3 is 5.97 Å². The number of carbonyl (C=O) groups is 1. The van der Waals surface area contributed by atoms with E-state index in [0.717, 1.165) is 35.2 Å². The molecule has 0 aliphatic carbocycles. The lowest BCUT2D eigenvalue weighted by atomic mass is 9.88. The van der Waals surface area contributed by atoms with Gasteiger partial charge in [-0.05, 0) is 49.6 Å². The van der Waals surface area contributed by atoms with E-state index >= 15 is 0 Å². The molecule has 3 N–H and O–H groups in total. The Morgan fingerprint density at radius 3 is 2.88 bits per heavy atom. The van der Waals surface area contributed by atoms with E-state index in [-0.39, 0.29) is 5.92 Å². The van der Waals surface area contributed by atoms with Crippen LogP contribution in [0.5, 0.6) is 0 Å². The Morgan fingerprint density at radius 1 is 1.31 bits per heavy atom. The molecule has 6 nitrogen and oxygen atoms in total. The van der Waals surface area contributed by atoms with Gasteiger partial charge in [-0.15, -0.1) is 0 Å². The standard InChI is InChI=1S/C19H22BrN3O3/c20-16-3-1-14(2-4-16)18-6-5-17(26-18)12-23-22-8-7-13-9-15(19(24)25)11-21-10-13/h1-6,12-13,15,21-22H,7-11H2,(H,24,25)/b23-12+/t13-,15+/m0/s1. The van der Waals surface area contributed by atoms with E-state index in [9.17, 15) is 4.79 Å². The number of hydrogen-bond acceptors (Lipinski definition) is 5. The number of rotatable bonds is 7. The molecule has 1 aromatic carbocycles. The molecule has 0 amide bonds. The molecule has 0 radical (unpaired) electrons. The lowest BCUT2D eigenvalue weighted by Gasteiger charge is -2.27. The van der Waals surface area contributed by atoms with Gasteiger partial charge in [-0.1, -0.05) is 28.1 Å². The third-order valence-corrected chi connectivity index (χ3v) is 5.02. The van der Waals surface area contributed by atoms with Crippen LogP contribution in [0.25, 0.3) is 11.3 Å². The van der Waals surface area contributed by atoms with E-state index < -0.39 is 5.97 Å². The summed E-state index contributed by atoms with van der Waals surface area (Å²) in [7, 11) is 0. The molecule has 7 heteroatoms. The van der Waals surface area contributed by atoms with Crippen molar-refractivity contribution in [2.24, 2.45) is 16.9 Å². The Labute approximate surface area is 160 Å². The van der Waals surface area contributed by atoms with E-state index in [4.69, 9.17) is 9.52 Å². The van der Waals surface area contributed by atoms with Crippen molar-refractivity contribution in [3.63, 3.8) is 0 Å². The summed E-state index contributed by atoms with van der Waals surface area (Å²) in [5, 5.41) is 16.5. The first-order chi connectivity index (χ1) is 12.6. The number of nitrogens with zero attached hydrogens (tertiary/aromatic N) is 1. The van der Waals surface area contributed by atoms with Gasteiger partial charge in [-0.25, -0.2) is 0 Å². The fraction of sp³-hybridized carbons (Fsp3) is 0.368. The minimum absolute atomic E-state index is 0.280. The summed E-state index contributed by atoms with van der Waals surface area (Å²) in [6.07, 6.45) is 3.26. The number of nitrogens with one attached hydrogen (secondary N) is 2. The van der Waals surface area contributed by atoms with Gasteiger partial charge < -0.3 is 20.3 Å². The average molecular weight is 420 g/mol. The number of piperidine rings is 1. The Kier molecular flexibility index (Phi) is 6.46. The summed E-state index contributed by atoms with van der Waals surface area (Å²) in [5.74, 6) is 0.845. The van der Waals surface area contributed by atoms with Crippen LogP contribution in [-0.4, -0.2) is 36.9 Å². The maximum Gasteiger partial charge on any atom is 0.307 e. The molecular weight excluding hydrogens is 398 g/mol. The zero-order valence-electron chi connectivity index (χ0n) is 14.3. The molecule has 1 aromatic heterocycles. The third kappa shape index (κ3) is 5.19. The Hall–Kier alpha value is -2.12. The van der Waals surface area contributed by atoms with Crippen LogP contribution in [0.15, 0.2) is 50.4 Å². The minimum Gasteiger partial charge on any atom is -0.481 e. The highest BCUT2D eigenvalue weighted by Crippen LogP contribution is 2.23. The van der Waals surface area contributed by atoms with Gasteiger partial charge in [0.2, 0.25) is 0 Å². The molecule has 1 aliphatic rings. The number of hydrazone groups is 1. The summed E-state index contributed by atoms with van der Waals surface area (Å²) in [6, 6.07) is 11.7. The van der Waals surface area contributed by atoms with Gasteiger partial charge in [-0.2, -0.15) is 5.10 Å². The van der Waals surface area contributed by atoms with Crippen molar-refractivity contribution in [3.8, 4) is 11.3 Å². The second kappa shape index (κ2) is 9.00. The summed E-state index contributed by atoms with van der Waals surface area (Å²) in [6.45, 7) is 2.13. The summed E-state index contributed by atoms with van der Waals surface area (Å²) in [5.41, 5.74) is 4.02. The van der Waals surface area contributed by atoms with Gasteiger partial charge in [0.15, 0.2) is 0 Å². The van der Waals surface area contributed by atoms with Crippen LogP contribution in [0, 0.1) is 11.8 Å². The van der Waals surface area contributed by atoms with Gasteiger partial charge in [0.25, 0.3) is 0 Å². The first-order valence-corrected chi connectivity index (χ1v) is 9.46. The molecule has 1 fully saturated rings. The Bertz CT molecular complexity index is 758. The lowest BCUT2D eigenvalue weighted by molar-refractivity contribution is -0.142. The van der Waals surface area contributed by atoms with Crippen LogP contribution in [0.4, 0.5) is 0 Å². The fourth-order valence-electron chi connectivity index (χ4n) is 3.07. The van der Waals surface area contributed by atoms with Crippen LogP contribution < -0.4 is 10.7 Å². The highest BCUT2D eigenvalue weighted by atomic mass is 79.9. The molecule has 138 valence electrons. The SMILES string of the molecule is O=C(O)[C@H]1CNC[C@@H](CCN/N=C/c2ccc(-c3ccc(Br)cc3)o2)C1. The van der Waals surface area contributed by atoms with Crippen LogP contribution in [0.3, 0.4) is 0 Å². The van der Waals surface area contributed by atoms with Crippen LogP contribution in [-0.2, 0) is 4.79 Å². The third-order valence-electron chi connectivity index (χ3n) is 4.49. The van der Waals surface area contributed by atoms with Crippen molar-refractivity contribution in [1.82, 2.24) is 10.7 Å². The number of aliphatic carboxylic acids is 1. The number of furan rings is 1. The molecule has 0 unspecified atom stereocenters. The zero-order chi connectivity index (χ0) is 18.4. The maximum absolute atomic E-state index is 11.1. The van der Waals surface area contributed by atoms with E-state index in [1.165, 1.54) is 0 Å². The van der Waals surface area contributed by atoms with Crippen molar-refractivity contribution in [1.29, 1.82) is 0 Å². The largest absolute Gasteiger partial charge is 0.481 e. The van der Waals surface area contributed by atoms with Crippen molar-refractivity contribution in [2.75, 3.05) is 19.6 Å². The fourth-order valence-corrected chi connectivity index (χ4v) is 3.34. The molecule has 2 aromatic rings. The van der Waals surface area contributed by atoms with Crippen molar-refractivity contribution >= 4 is 28.1 Å². The number of halogens is 1. The molecular formula is C19H22BrN3O3. The normalized spacial score (nSPS) is 20.3. The topological polar surface area (TPSA) is 86.9 Å². The van der Waals surface area contributed by atoms with E-state index in [2.05, 4.69) is 31.8 Å². The van der Waals surface area contributed by atoms with Crippen LogP contribution in [0.2, 0.25) is 0 Å². The molecule has 2 atom stereocenters. The second-order valence-corrected chi connectivity index (χ2v) is 7.37. The average Bonchev–Trinajstić information content (AvgIpc) is 3.11. The van der Waals surface area contributed by atoms with Gasteiger partial charge in [-0.3, -0.25) is 4.79 Å². The first-order valence-electron chi connectivity index (χ1n) is 8.67. The summed E-state index contributed by atoms with van der Waals surface area (Å²) >= 11 is 3.42. The molecule has 0 saturated carbocycles. The predicted molar refractivity (Wildman–Crippen MR) is 104 cm³/mol. The second-order valence-electron chi connectivity index (χ2n) is 6.46. The molecule has 26 heavy (non-hydrogen) atoms. The van der Waals surface area contributed by atoms with Gasteiger partial charge in [0.05, 0.1) is 12.1 Å². The molecule has 1 aliphatic heterocycles. The van der Waals surface area contributed by atoms with Crippen molar-refractivity contribution in [2.45, 2.75) is 12.8 Å². The predicted octanol–water partition coefficient (Wildman–Crippen LogP) is 3.33. The maximum atomic E-state index is 11.1. The highest BCUT2D eigenvalue weighted by Gasteiger charge is 2.26. The number of carboxylic acid groups (broad SMARTS) is 1. The Balaban J connectivity index is 1.43. The molecule has 3 rings (SSSR count). The van der Waals surface area contributed by atoms with Gasteiger partial charge in [0, 0.05) is 23.1 Å². The smallest absolute Gasteiger partial charge is 0.307 e. The summed E-state index contributed by atoms with van der Waals surface area (Å²) in [4.78, 5) is 11.1. The molecule has 1 saturated heterocycles.